The summed E-state index contributed by atoms with van der Waals surface area (Å²) in [6, 6.07) is 4.18. The number of carbonyl (C=O) groups is 3. The summed E-state index contributed by atoms with van der Waals surface area (Å²) in [7, 11) is 0. The van der Waals surface area contributed by atoms with Crippen LogP contribution in [0, 0.1) is 5.82 Å². The molecular weight excluding hydrogens is 405 g/mol. The number of benzene rings is 1. The van der Waals surface area contributed by atoms with Gasteiger partial charge in [0.15, 0.2) is 0 Å². The maximum absolute atomic E-state index is 14.9. The Kier molecular flexibility index (Phi) is 6.52. The number of hydrogen-bond donors (Lipinski definition) is 1. The Hall–Kier alpha value is -3.10. The van der Waals surface area contributed by atoms with Crippen LogP contribution in [0.5, 0.6) is 0 Å². The number of nitrogens with zero attached hydrogens (tertiary/aromatic N) is 2. The summed E-state index contributed by atoms with van der Waals surface area (Å²) in [6.07, 6.45) is 1.34. The maximum atomic E-state index is 14.9. The summed E-state index contributed by atoms with van der Waals surface area (Å²) in [5.74, 6) is -0.682. The van der Waals surface area contributed by atoms with Crippen LogP contribution in [-0.4, -0.2) is 60.9 Å². The second kappa shape index (κ2) is 8.95. The molecule has 3 amide bonds. The molecular formula is C22H28FN3O5. The molecule has 3 rings (SSSR count). The highest BCUT2D eigenvalue weighted by Crippen LogP contribution is 2.30. The van der Waals surface area contributed by atoms with Crippen LogP contribution in [0.25, 0.3) is 5.57 Å². The Morgan fingerprint density at radius 3 is 2.65 bits per heavy atom. The van der Waals surface area contributed by atoms with Crippen molar-refractivity contribution in [1.29, 1.82) is 0 Å². The van der Waals surface area contributed by atoms with E-state index in [1.165, 1.54) is 17.9 Å². The summed E-state index contributed by atoms with van der Waals surface area (Å²) >= 11 is 0. The third-order valence-electron chi connectivity index (χ3n) is 4.99. The predicted molar refractivity (Wildman–Crippen MR) is 113 cm³/mol. The Morgan fingerprint density at radius 2 is 2.06 bits per heavy atom. The molecule has 1 atom stereocenters. The zero-order valence-electron chi connectivity index (χ0n) is 18.2. The zero-order valence-corrected chi connectivity index (χ0v) is 18.2. The van der Waals surface area contributed by atoms with Crippen molar-refractivity contribution in [3.63, 3.8) is 0 Å². The van der Waals surface area contributed by atoms with E-state index in [1.807, 2.05) is 26.8 Å². The first-order valence-corrected chi connectivity index (χ1v) is 10.2. The highest BCUT2D eigenvalue weighted by molar-refractivity contribution is 5.91. The Labute approximate surface area is 181 Å². The van der Waals surface area contributed by atoms with Crippen LogP contribution < -0.4 is 10.2 Å². The number of hydrogen-bond acceptors (Lipinski definition) is 5. The second-order valence-electron chi connectivity index (χ2n) is 8.61. The van der Waals surface area contributed by atoms with Gasteiger partial charge in [-0.1, -0.05) is 6.08 Å². The van der Waals surface area contributed by atoms with Crippen LogP contribution in [0.3, 0.4) is 0 Å². The smallest absolute Gasteiger partial charge is 0.414 e. The highest BCUT2D eigenvalue weighted by atomic mass is 19.1. The average Bonchev–Trinajstić information content (AvgIpc) is 3.05. The van der Waals surface area contributed by atoms with E-state index in [9.17, 15) is 18.8 Å². The molecule has 1 aromatic carbocycles. The summed E-state index contributed by atoms with van der Waals surface area (Å²) in [5, 5.41) is 2.65. The van der Waals surface area contributed by atoms with Crippen molar-refractivity contribution < 1.29 is 28.2 Å². The van der Waals surface area contributed by atoms with Crippen LogP contribution >= 0.6 is 0 Å². The molecule has 168 valence electrons. The van der Waals surface area contributed by atoms with Crippen molar-refractivity contribution in [3.05, 3.63) is 35.7 Å². The van der Waals surface area contributed by atoms with Crippen LogP contribution in [0.4, 0.5) is 19.7 Å². The lowest BCUT2D eigenvalue weighted by atomic mass is 9.98. The summed E-state index contributed by atoms with van der Waals surface area (Å²) in [4.78, 5) is 38.4. The molecule has 0 bridgehead atoms. The number of halogens is 1. The van der Waals surface area contributed by atoms with E-state index in [1.54, 1.807) is 17.0 Å². The van der Waals surface area contributed by atoms with E-state index < -0.39 is 29.6 Å². The van der Waals surface area contributed by atoms with E-state index in [4.69, 9.17) is 9.47 Å². The van der Waals surface area contributed by atoms with Gasteiger partial charge in [-0.2, -0.15) is 0 Å². The molecule has 1 fully saturated rings. The van der Waals surface area contributed by atoms with Gasteiger partial charge < -0.3 is 19.7 Å². The first-order valence-electron chi connectivity index (χ1n) is 10.2. The van der Waals surface area contributed by atoms with Crippen molar-refractivity contribution in [1.82, 2.24) is 10.2 Å². The van der Waals surface area contributed by atoms with E-state index in [0.29, 0.717) is 30.8 Å². The Balaban J connectivity index is 1.72. The molecule has 0 saturated carbocycles. The number of cyclic esters (lactones) is 1. The van der Waals surface area contributed by atoms with E-state index in [-0.39, 0.29) is 19.1 Å². The van der Waals surface area contributed by atoms with Gasteiger partial charge >= 0.3 is 12.2 Å². The quantitative estimate of drug-likeness (QED) is 0.787. The van der Waals surface area contributed by atoms with Gasteiger partial charge in [0.05, 0.1) is 11.7 Å². The van der Waals surface area contributed by atoms with Gasteiger partial charge in [-0.05, 0) is 51.0 Å². The third-order valence-corrected chi connectivity index (χ3v) is 4.99. The van der Waals surface area contributed by atoms with E-state index >= 15 is 0 Å². The molecule has 0 radical (unpaired) electrons. The molecule has 8 nitrogen and oxygen atoms in total. The molecule has 2 aliphatic heterocycles. The van der Waals surface area contributed by atoms with Gasteiger partial charge in [0, 0.05) is 32.1 Å². The van der Waals surface area contributed by atoms with Crippen molar-refractivity contribution >= 4 is 29.4 Å². The van der Waals surface area contributed by atoms with Gasteiger partial charge in [-0.25, -0.2) is 14.0 Å². The fourth-order valence-corrected chi connectivity index (χ4v) is 3.51. The predicted octanol–water partition coefficient (Wildman–Crippen LogP) is 3.31. The van der Waals surface area contributed by atoms with Gasteiger partial charge in [-0.15, -0.1) is 0 Å². The second-order valence-corrected chi connectivity index (χ2v) is 8.61. The largest absolute Gasteiger partial charge is 0.447 e. The van der Waals surface area contributed by atoms with E-state index in [0.717, 1.165) is 5.57 Å². The molecule has 0 spiro atoms. The van der Waals surface area contributed by atoms with Crippen molar-refractivity contribution in [2.75, 3.05) is 31.1 Å². The number of carbonyl (C=O) groups excluding carboxylic acids is 3. The zero-order chi connectivity index (χ0) is 22.8. The SMILES string of the molecule is CC(=O)NCC1COC(=O)N1c1ccc(C2=CCN(C(=O)OC(C)(C)C)CC2)c(F)c1. The fourth-order valence-electron chi connectivity index (χ4n) is 3.51. The Bertz CT molecular complexity index is 909. The van der Waals surface area contributed by atoms with Gasteiger partial charge in [-0.3, -0.25) is 9.69 Å². The van der Waals surface area contributed by atoms with E-state index in [2.05, 4.69) is 5.32 Å². The molecule has 1 aromatic rings. The minimum atomic E-state index is -0.576. The number of rotatable bonds is 4. The first kappa shape index (κ1) is 22.6. The van der Waals surface area contributed by atoms with Crippen molar-refractivity contribution in [2.45, 2.75) is 45.8 Å². The van der Waals surface area contributed by atoms with Crippen LogP contribution in [0.15, 0.2) is 24.3 Å². The molecule has 0 aliphatic carbocycles. The lowest BCUT2D eigenvalue weighted by molar-refractivity contribution is -0.119. The molecule has 9 heteroatoms. The number of amides is 3. The molecule has 1 N–H and O–H groups in total. The molecule has 2 heterocycles. The van der Waals surface area contributed by atoms with Gasteiger partial charge in [0.2, 0.25) is 5.91 Å². The molecule has 0 aromatic heterocycles. The maximum Gasteiger partial charge on any atom is 0.414 e. The first-order chi connectivity index (χ1) is 14.5. The minimum absolute atomic E-state index is 0.119. The monoisotopic (exact) mass is 433 g/mol. The van der Waals surface area contributed by atoms with Crippen LogP contribution in [0.2, 0.25) is 0 Å². The van der Waals surface area contributed by atoms with Crippen molar-refractivity contribution in [2.24, 2.45) is 0 Å². The molecule has 31 heavy (non-hydrogen) atoms. The van der Waals surface area contributed by atoms with Crippen LogP contribution in [0.1, 0.15) is 39.7 Å². The highest BCUT2D eigenvalue weighted by Gasteiger charge is 2.35. The number of anilines is 1. The summed E-state index contributed by atoms with van der Waals surface area (Å²) in [5.41, 5.74) is 1.02. The van der Waals surface area contributed by atoms with Gasteiger partial charge in [0.25, 0.3) is 0 Å². The average molecular weight is 433 g/mol. The lowest BCUT2D eigenvalue weighted by Crippen LogP contribution is -2.42. The minimum Gasteiger partial charge on any atom is -0.447 e. The standard InChI is InChI=1S/C22H28FN3O5/c1-14(27)24-12-17-13-30-21(29)26(17)16-5-6-18(19(23)11-16)15-7-9-25(10-8-15)20(28)31-22(2,3)4/h5-7,11,17H,8-10,12-13H2,1-4H3,(H,24,27). The van der Waals surface area contributed by atoms with Gasteiger partial charge in [0.1, 0.15) is 18.0 Å². The summed E-state index contributed by atoms with van der Waals surface area (Å²) in [6.45, 7) is 7.92. The fraction of sp³-hybridized carbons (Fsp3) is 0.500. The summed E-state index contributed by atoms with van der Waals surface area (Å²) < 4.78 is 25.4. The third kappa shape index (κ3) is 5.53. The van der Waals surface area contributed by atoms with Crippen LogP contribution in [-0.2, 0) is 14.3 Å². The number of nitrogens with one attached hydrogen (secondary N) is 1. The topological polar surface area (TPSA) is 88.2 Å². The normalized spacial score (nSPS) is 19.1. The van der Waals surface area contributed by atoms with Crippen molar-refractivity contribution in [3.8, 4) is 0 Å². The molecule has 2 aliphatic rings. The number of ether oxygens (including phenoxy) is 2. The molecule has 1 saturated heterocycles. The lowest BCUT2D eigenvalue weighted by Gasteiger charge is -2.30. The molecule has 1 unspecified atom stereocenters. The Morgan fingerprint density at radius 1 is 1.32 bits per heavy atom.